The summed E-state index contributed by atoms with van der Waals surface area (Å²) in [5, 5.41) is 3.36. The molecule has 1 aromatic rings. The Morgan fingerprint density at radius 1 is 1.50 bits per heavy atom. The van der Waals surface area contributed by atoms with Crippen LogP contribution >= 0.6 is 0 Å². The minimum absolute atomic E-state index is 0.727. The highest BCUT2D eigenvalue weighted by Crippen LogP contribution is 2.17. The predicted molar refractivity (Wildman–Crippen MR) is 69.4 cm³/mol. The van der Waals surface area contributed by atoms with E-state index in [-0.39, 0.29) is 0 Å². The number of hydrogen-bond acceptors (Lipinski definition) is 4. The lowest BCUT2D eigenvalue weighted by Crippen LogP contribution is -2.23. The third kappa shape index (κ3) is 4.08. The van der Waals surface area contributed by atoms with Gasteiger partial charge < -0.3 is 19.4 Å². The number of imidazole rings is 1. The molecule has 18 heavy (non-hydrogen) atoms. The van der Waals surface area contributed by atoms with Gasteiger partial charge in [-0.1, -0.05) is 0 Å². The minimum atomic E-state index is 0.727. The summed E-state index contributed by atoms with van der Waals surface area (Å²) in [6.45, 7) is 5.34. The Labute approximate surface area is 108 Å². The second-order valence-corrected chi connectivity index (χ2v) is 4.76. The Balaban J connectivity index is 1.79. The van der Waals surface area contributed by atoms with E-state index in [0.29, 0.717) is 0 Å². The first-order chi connectivity index (χ1) is 8.90. The van der Waals surface area contributed by atoms with Crippen LogP contribution in [0, 0.1) is 5.92 Å². The molecule has 1 aliphatic rings. The van der Waals surface area contributed by atoms with E-state index in [1.54, 1.807) is 7.11 Å². The van der Waals surface area contributed by atoms with Crippen LogP contribution in [0.15, 0.2) is 12.5 Å². The summed E-state index contributed by atoms with van der Waals surface area (Å²) >= 11 is 0. The highest BCUT2D eigenvalue weighted by molar-refractivity contribution is 4.98. The van der Waals surface area contributed by atoms with Crippen molar-refractivity contribution in [2.75, 3.05) is 33.5 Å². The summed E-state index contributed by atoms with van der Waals surface area (Å²) in [5.41, 5.74) is 1.25. The Morgan fingerprint density at radius 2 is 2.33 bits per heavy atom. The molecule has 1 aliphatic heterocycles. The molecule has 1 N–H and O–H groups in total. The smallest absolute Gasteiger partial charge is 0.0948 e. The van der Waals surface area contributed by atoms with E-state index in [0.717, 1.165) is 58.2 Å². The van der Waals surface area contributed by atoms with E-state index in [4.69, 9.17) is 9.47 Å². The molecule has 1 aromatic heterocycles. The summed E-state index contributed by atoms with van der Waals surface area (Å²) in [6, 6.07) is 0. The Morgan fingerprint density at radius 3 is 3.11 bits per heavy atom. The molecule has 0 saturated carbocycles. The summed E-state index contributed by atoms with van der Waals surface area (Å²) in [5.74, 6) is 0.727. The van der Waals surface area contributed by atoms with Gasteiger partial charge in [0.15, 0.2) is 0 Å². The monoisotopic (exact) mass is 253 g/mol. The van der Waals surface area contributed by atoms with Gasteiger partial charge in [0.2, 0.25) is 0 Å². The van der Waals surface area contributed by atoms with Crippen LogP contribution in [0.4, 0.5) is 0 Å². The van der Waals surface area contributed by atoms with E-state index in [9.17, 15) is 0 Å². The van der Waals surface area contributed by atoms with Gasteiger partial charge in [-0.25, -0.2) is 4.98 Å². The summed E-state index contributed by atoms with van der Waals surface area (Å²) in [7, 11) is 1.72. The number of nitrogens with one attached hydrogen (secondary N) is 1. The molecule has 1 saturated heterocycles. The molecule has 0 radical (unpaired) electrons. The number of aromatic nitrogens is 2. The topological polar surface area (TPSA) is 48.3 Å². The molecule has 2 rings (SSSR count). The van der Waals surface area contributed by atoms with Crippen molar-refractivity contribution in [2.24, 2.45) is 5.92 Å². The molecule has 0 amide bonds. The van der Waals surface area contributed by atoms with Crippen molar-refractivity contribution in [1.82, 2.24) is 14.9 Å². The lowest BCUT2D eigenvalue weighted by molar-refractivity contribution is 0.0610. The van der Waals surface area contributed by atoms with Crippen molar-refractivity contribution >= 4 is 0 Å². The maximum absolute atomic E-state index is 5.39. The van der Waals surface area contributed by atoms with Gasteiger partial charge in [0, 0.05) is 46.2 Å². The highest BCUT2D eigenvalue weighted by atomic mass is 16.5. The van der Waals surface area contributed by atoms with E-state index >= 15 is 0 Å². The number of rotatable bonds is 7. The SMILES string of the molecule is COCCNCc1cncn1CC1CCOCC1. The second kappa shape index (κ2) is 7.51. The maximum atomic E-state index is 5.39. The number of methoxy groups -OCH3 is 1. The van der Waals surface area contributed by atoms with Gasteiger partial charge in [0.05, 0.1) is 18.6 Å². The molecule has 0 bridgehead atoms. The van der Waals surface area contributed by atoms with Gasteiger partial charge >= 0.3 is 0 Å². The Hall–Kier alpha value is -0.910. The average molecular weight is 253 g/mol. The number of hydrogen-bond donors (Lipinski definition) is 1. The second-order valence-electron chi connectivity index (χ2n) is 4.76. The zero-order chi connectivity index (χ0) is 12.6. The van der Waals surface area contributed by atoms with Gasteiger partial charge in [-0.15, -0.1) is 0 Å². The molecular formula is C13H23N3O2. The average Bonchev–Trinajstić information content (AvgIpc) is 2.83. The van der Waals surface area contributed by atoms with Crippen molar-refractivity contribution in [1.29, 1.82) is 0 Å². The predicted octanol–water partition coefficient (Wildman–Crippen LogP) is 1.05. The third-order valence-electron chi connectivity index (χ3n) is 3.38. The first-order valence-corrected chi connectivity index (χ1v) is 6.66. The molecule has 5 nitrogen and oxygen atoms in total. The Bertz CT molecular complexity index is 335. The zero-order valence-corrected chi connectivity index (χ0v) is 11.1. The van der Waals surface area contributed by atoms with E-state index in [1.165, 1.54) is 5.69 Å². The third-order valence-corrected chi connectivity index (χ3v) is 3.38. The summed E-state index contributed by atoms with van der Waals surface area (Å²) < 4.78 is 12.7. The minimum Gasteiger partial charge on any atom is -0.383 e. The highest BCUT2D eigenvalue weighted by Gasteiger charge is 2.15. The van der Waals surface area contributed by atoms with Crippen LogP contribution in [0.1, 0.15) is 18.5 Å². The molecule has 2 heterocycles. The van der Waals surface area contributed by atoms with Crippen molar-refractivity contribution in [2.45, 2.75) is 25.9 Å². The normalized spacial score (nSPS) is 17.2. The fraction of sp³-hybridized carbons (Fsp3) is 0.769. The first-order valence-electron chi connectivity index (χ1n) is 6.66. The van der Waals surface area contributed by atoms with Gasteiger partial charge in [-0.2, -0.15) is 0 Å². The van der Waals surface area contributed by atoms with Gasteiger partial charge in [0.1, 0.15) is 0 Å². The largest absolute Gasteiger partial charge is 0.383 e. The zero-order valence-electron chi connectivity index (χ0n) is 11.1. The standard InChI is InChI=1S/C13H23N3O2/c1-17-7-4-14-8-13-9-15-11-16(13)10-12-2-5-18-6-3-12/h9,11-12,14H,2-8,10H2,1H3. The van der Waals surface area contributed by atoms with Crippen molar-refractivity contribution in [3.63, 3.8) is 0 Å². The number of ether oxygens (including phenoxy) is 2. The van der Waals surface area contributed by atoms with Crippen LogP contribution in [0.2, 0.25) is 0 Å². The van der Waals surface area contributed by atoms with E-state index in [2.05, 4.69) is 14.9 Å². The van der Waals surface area contributed by atoms with Gasteiger partial charge in [0.25, 0.3) is 0 Å². The molecule has 0 aromatic carbocycles. The van der Waals surface area contributed by atoms with Crippen molar-refractivity contribution in [3.05, 3.63) is 18.2 Å². The summed E-state index contributed by atoms with van der Waals surface area (Å²) in [6.07, 6.45) is 6.20. The molecular weight excluding hydrogens is 230 g/mol. The molecule has 5 heteroatoms. The molecule has 0 unspecified atom stereocenters. The quantitative estimate of drug-likeness (QED) is 0.738. The van der Waals surface area contributed by atoms with E-state index in [1.807, 2.05) is 12.5 Å². The van der Waals surface area contributed by atoms with Gasteiger partial charge in [-0.3, -0.25) is 0 Å². The van der Waals surface area contributed by atoms with Crippen molar-refractivity contribution < 1.29 is 9.47 Å². The van der Waals surface area contributed by atoms with Crippen LogP contribution in [-0.2, 0) is 22.6 Å². The molecule has 0 atom stereocenters. The fourth-order valence-electron chi connectivity index (χ4n) is 2.26. The fourth-order valence-corrected chi connectivity index (χ4v) is 2.26. The van der Waals surface area contributed by atoms with Crippen LogP contribution in [-0.4, -0.2) is 43.0 Å². The lowest BCUT2D eigenvalue weighted by atomic mass is 10.0. The molecule has 0 spiro atoms. The van der Waals surface area contributed by atoms with Crippen LogP contribution in [0.25, 0.3) is 0 Å². The van der Waals surface area contributed by atoms with Gasteiger partial charge in [-0.05, 0) is 18.8 Å². The molecule has 1 fully saturated rings. The van der Waals surface area contributed by atoms with Crippen LogP contribution in [0.3, 0.4) is 0 Å². The molecule has 102 valence electrons. The van der Waals surface area contributed by atoms with E-state index < -0.39 is 0 Å². The lowest BCUT2D eigenvalue weighted by Gasteiger charge is -2.23. The van der Waals surface area contributed by atoms with Crippen molar-refractivity contribution in [3.8, 4) is 0 Å². The summed E-state index contributed by atoms with van der Waals surface area (Å²) in [4.78, 5) is 4.25. The van der Waals surface area contributed by atoms with Crippen LogP contribution in [0.5, 0.6) is 0 Å². The first kappa shape index (κ1) is 13.5. The number of nitrogens with zero attached hydrogens (tertiary/aromatic N) is 2. The van der Waals surface area contributed by atoms with Crippen LogP contribution < -0.4 is 5.32 Å². The Kier molecular flexibility index (Phi) is 5.64. The maximum Gasteiger partial charge on any atom is 0.0948 e. The molecule has 0 aliphatic carbocycles.